The molecular formula is C21H24FN3O3. The van der Waals surface area contributed by atoms with Gasteiger partial charge in [0, 0.05) is 44.4 Å². The molecule has 7 heteroatoms. The number of amides is 1. The molecule has 148 valence electrons. The first-order valence-corrected chi connectivity index (χ1v) is 9.60. The molecule has 28 heavy (non-hydrogen) atoms. The number of nitrogens with zero attached hydrogens (tertiary/aromatic N) is 2. The van der Waals surface area contributed by atoms with Crippen LogP contribution >= 0.6 is 0 Å². The molecule has 2 aromatic carbocycles. The highest BCUT2D eigenvalue weighted by molar-refractivity contribution is 5.92. The second kappa shape index (κ2) is 8.48. The van der Waals surface area contributed by atoms with Crippen molar-refractivity contribution < 1.29 is 18.7 Å². The normalized spacial score (nSPS) is 17.1. The lowest BCUT2D eigenvalue weighted by molar-refractivity contribution is -0.117. The highest BCUT2D eigenvalue weighted by Gasteiger charge is 2.21. The topological polar surface area (TPSA) is 54.0 Å². The van der Waals surface area contributed by atoms with E-state index in [0.29, 0.717) is 68.8 Å². The molecule has 0 aromatic heterocycles. The second-order valence-corrected chi connectivity index (χ2v) is 6.97. The molecule has 2 aliphatic heterocycles. The lowest BCUT2D eigenvalue weighted by atomic mass is 10.2. The van der Waals surface area contributed by atoms with Gasteiger partial charge in [0.15, 0.2) is 11.5 Å². The lowest BCUT2D eigenvalue weighted by Gasteiger charge is -2.35. The van der Waals surface area contributed by atoms with E-state index in [0.717, 1.165) is 6.42 Å². The molecule has 1 amide bonds. The summed E-state index contributed by atoms with van der Waals surface area (Å²) in [4.78, 5) is 16.5. The van der Waals surface area contributed by atoms with Crippen LogP contribution in [0.1, 0.15) is 6.42 Å². The van der Waals surface area contributed by atoms with Crippen molar-refractivity contribution in [3.05, 3.63) is 48.3 Å². The van der Waals surface area contributed by atoms with Crippen LogP contribution in [-0.4, -0.2) is 56.7 Å². The van der Waals surface area contributed by atoms with Gasteiger partial charge in [0.25, 0.3) is 0 Å². The fraction of sp³-hybridized carbons (Fsp3) is 0.381. The summed E-state index contributed by atoms with van der Waals surface area (Å²) < 4.78 is 25.2. The number of carbonyl (C=O) groups excluding carboxylic acids is 1. The van der Waals surface area contributed by atoms with E-state index in [1.807, 2.05) is 23.1 Å². The summed E-state index contributed by atoms with van der Waals surface area (Å²) in [5, 5.41) is 2.92. The van der Waals surface area contributed by atoms with Crippen LogP contribution in [0.15, 0.2) is 42.5 Å². The number of piperazine rings is 1. The van der Waals surface area contributed by atoms with E-state index >= 15 is 0 Å². The largest absolute Gasteiger partial charge is 0.490 e. The molecule has 0 bridgehead atoms. The highest BCUT2D eigenvalue weighted by Crippen LogP contribution is 2.32. The summed E-state index contributed by atoms with van der Waals surface area (Å²) in [6.45, 7) is 4.36. The Morgan fingerprint density at radius 1 is 1.00 bits per heavy atom. The molecule has 1 fully saturated rings. The molecule has 2 heterocycles. The molecule has 0 saturated carbocycles. The molecular weight excluding hydrogens is 361 g/mol. The summed E-state index contributed by atoms with van der Waals surface area (Å²) in [5.74, 6) is 1.09. The van der Waals surface area contributed by atoms with E-state index in [-0.39, 0.29) is 11.7 Å². The van der Waals surface area contributed by atoms with Crippen molar-refractivity contribution in [2.75, 3.05) is 56.2 Å². The van der Waals surface area contributed by atoms with Crippen LogP contribution in [0.5, 0.6) is 11.5 Å². The minimum atomic E-state index is -0.205. The first-order chi connectivity index (χ1) is 13.7. The second-order valence-electron chi connectivity index (χ2n) is 6.97. The number of halogens is 1. The minimum Gasteiger partial charge on any atom is -0.490 e. The van der Waals surface area contributed by atoms with Crippen molar-refractivity contribution >= 4 is 17.3 Å². The van der Waals surface area contributed by atoms with Gasteiger partial charge < -0.3 is 19.7 Å². The maximum absolute atomic E-state index is 13.9. The molecule has 4 rings (SSSR count). The number of carbonyl (C=O) groups is 1. The Balaban J connectivity index is 1.29. The number of hydrogen-bond acceptors (Lipinski definition) is 5. The van der Waals surface area contributed by atoms with Gasteiger partial charge in [0.1, 0.15) is 5.82 Å². The Morgan fingerprint density at radius 3 is 2.54 bits per heavy atom. The van der Waals surface area contributed by atoms with Crippen LogP contribution in [-0.2, 0) is 4.79 Å². The molecule has 0 atom stereocenters. The smallest absolute Gasteiger partial charge is 0.238 e. The quantitative estimate of drug-likeness (QED) is 0.877. The number of rotatable bonds is 4. The highest BCUT2D eigenvalue weighted by atomic mass is 19.1. The lowest BCUT2D eigenvalue weighted by Crippen LogP contribution is -2.48. The van der Waals surface area contributed by atoms with E-state index in [4.69, 9.17) is 9.47 Å². The molecule has 0 unspecified atom stereocenters. The van der Waals surface area contributed by atoms with Gasteiger partial charge in [0.05, 0.1) is 25.4 Å². The monoisotopic (exact) mass is 385 g/mol. The molecule has 6 nitrogen and oxygen atoms in total. The summed E-state index contributed by atoms with van der Waals surface area (Å²) in [5.41, 5.74) is 1.32. The third-order valence-corrected chi connectivity index (χ3v) is 4.96. The summed E-state index contributed by atoms with van der Waals surface area (Å²) in [7, 11) is 0. The van der Waals surface area contributed by atoms with Gasteiger partial charge in [0.2, 0.25) is 5.91 Å². The van der Waals surface area contributed by atoms with Gasteiger partial charge in [-0.2, -0.15) is 0 Å². The predicted molar refractivity (Wildman–Crippen MR) is 106 cm³/mol. The number of ether oxygens (including phenoxy) is 2. The molecule has 0 aliphatic carbocycles. The third-order valence-electron chi connectivity index (χ3n) is 4.96. The molecule has 2 aliphatic rings. The van der Waals surface area contributed by atoms with Crippen molar-refractivity contribution in [2.24, 2.45) is 0 Å². The van der Waals surface area contributed by atoms with Crippen LogP contribution < -0.4 is 19.7 Å². The predicted octanol–water partition coefficient (Wildman–Crippen LogP) is 2.75. The van der Waals surface area contributed by atoms with Crippen LogP contribution in [0.3, 0.4) is 0 Å². The first kappa shape index (κ1) is 18.6. The van der Waals surface area contributed by atoms with E-state index < -0.39 is 0 Å². The molecule has 0 spiro atoms. The molecule has 0 radical (unpaired) electrons. The van der Waals surface area contributed by atoms with Crippen molar-refractivity contribution in [1.82, 2.24) is 4.90 Å². The Morgan fingerprint density at radius 2 is 1.75 bits per heavy atom. The maximum Gasteiger partial charge on any atom is 0.238 e. The van der Waals surface area contributed by atoms with Gasteiger partial charge in [-0.1, -0.05) is 12.1 Å². The fourth-order valence-corrected chi connectivity index (χ4v) is 3.50. The summed E-state index contributed by atoms with van der Waals surface area (Å²) in [6, 6.07) is 12.2. The molecule has 1 saturated heterocycles. The van der Waals surface area contributed by atoms with Gasteiger partial charge in [-0.15, -0.1) is 0 Å². The zero-order valence-electron chi connectivity index (χ0n) is 15.7. The van der Waals surface area contributed by atoms with Crippen molar-refractivity contribution in [1.29, 1.82) is 0 Å². The standard InChI is InChI=1S/C21H24FN3O3/c22-17-4-1-2-5-18(17)25-10-8-24(9-11-25)15-21(26)23-16-6-7-19-20(14-16)28-13-3-12-27-19/h1-2,4-7,14H,3,8-13,15H2,(H,23,26). The van der Waals surface area contributed by atoms with Gasteiger partial charge in [-0.05, 0) is 24.3 Å². The van der Waals surface area contributed by atoms with E-state index in [1.54, 1.807) is 18.2 Å². The Bertz CT molecular complexity index is 837. The number of hydrogen-bond donors (Lipinski definition) is 1. The number of para-hydroxylation sites is 1. The minimum absolute atomic E-state index is 0.0752. The third kappa shape index (κ3) is 4.36. The van der Waals surface area contributed by atoms with E-state index in [2.05, 4.69) is 10.2 Å². The first-order valence-electron chi connectivity index (χ1n) is 9.60. The van der Waals surface area contributed by atoms with Gasteiger partial charge in [-0.3, -0.25) is 9.69 Å². The SMILES string of the molecule is O=C(CN1CCN(c2ccccc2F)CC1)Nc1ccc2c(c1)OCCCO2. The van der Waals surface area contributed by atoms with Crippen molar-refractivity contribution in [2.45, 2.75) is 6.42 Å². The molecule has 2 aromatic rings. The van der Waals surface area contributed by atoms with Gasteiger partial charge in [-0.25, -0.2) is 4.39 Å². The van der Waals surface area contributed by atoms with E-state index in [9.17, 15) is 9.18 Å². The van der Waals surface area contributed by atoms with Crippen LogP contribution in [0.2, 0.25) is 0 Å². The zero-order chi connectivity index (χ0) is 19.3. The Kier molecular flexibility index (Phi) is 5.62. The van der Waals surface area contributed by atoms with E-state index in [1.165, 1.54) is 6.07 Å². The van der Waals surface area contributed by atoms with Crippen molar-refractivity contribution in [3.8, 4) is 11.5 Å². The summed E-state index contributed by atoms with van der Waals surface area (Å²) in [6.07, 6.45) is 0.842. The Labute approximate surface area is 163 Å². The summed E-state index contributed by atoms with van der Waals surface area (Å²) >= 11 is 0. The number of benzene rings is 2. The fourth-order valence-electron chi connectivity index (χ4n) is 3.50. The van der Waals surface area contributed by atoms with Crippen LogP contribution in [0.25, 0.3) is 0 Å². The number of nitrogens with one attached hydrogen (secondary N) is 1. The number of fused-ring (bicyclic) bond motifs is 1. The van der Waals surface area contributed by atoms with Crippen molar-refractivity contribution in [3.63, 3.8) is 0 Å². The van der Waals surface area contributed by atoms with Crippen LogP contribution in [0.4, 0.5) is 15.8 Å². The van der Waals surface area contributed by atoms with Gasteiger partial charge >= 0.3 is 0 Å². The molecule has 1 N–H and O–H groups in total. The average Bonchev–Trinajstić information content (AvgIpc) is 2.94. The van der Waals surface area contributed by atoms with Crippen LogP contribution in [0, 0.1) is 5.82 Å². The maximum atomic E-state index is 13.9. The zero-order valence-corrected chi connectivity index (χ0v) is 15.7. The number of anilines is 2. The average molecular weight is 385 g/mol. The Hall–Kier alpha value is -2.80.